The van der Waals surface area contributed by atoms with Gasteiger partial charge in [0, 0.05) is 27.2 Å². The predicted molar refractivity (Wildman–Crippen MR) is 106 cm³/mol. The van der Waals surface area contributed by atoms with Crippen molar-refractivity contribution in [3.63, 3.8) is 0 Å². The minimum Gasteiger partial charge on any atom is -0.357 e. The van der Waals surface area contributed by atoms with Crippen molar-refractivity contribution in [3.05, 3.63) is 42.5 Å². The summed E-state index contributed by atoms with van der Waals surface area (Å²) in [4.78, 5) is 4.71. The summed E-state index contributed by atoms with van der Waals surface area (Å²) in [7, 11) is -0.353. The van der Waals surface area contributed by atoms with Crippen LogP contribution in [0.25, 0.3) is 0 Å². The molecule has 8 heteroatoms. The minimum absolute atomic E-state index is 0. The van der Waals surface area contributed by atoms with Gasteiger partial charge in [0.15, 0.2) is 5.96 Å². The van der Waals surface area contributed by atoms with Gasteiger partial charge in [0.2, 0.25) is 10.0 Å². The Balaban J connectivity index is 0.00000484. The first kappa shape index (κ1) is 21.9. The molecule has 0 amide bonds. The number of nitrogens with one attached hydrogen (secondary N) is 2. The molecule has 0 spiro atoms. The van der Waals surface area contributed by atoms with Gasteiger partial charge in [-0.2, -0.15) is 0 Å². The number of hydrogen-bond acceptors (Lipinski definition) is 3. The maximum Gasteiger partial charge on any atom is 0.242 e. The van der Waals surface area contributed by atoms with Crippen LogP contribution in [0.15, 0.2) is 46.8 Å². The summed E-state index contributed by atoms with van der Waals surface area (Å²) in [5.74, 6) is 0.701. The highest BCUT2D eigenvalue weighted by Gasteiger charge is 2.16. The van der Waals surface area contributed by atoms with Crippen molar-refractivity contribution in [1.82, 2.24) is 14.9 Å². The van der Waals surface area contributed by atoms with Gasteiger partial charge in [-0.25, -0.2) is 17.7 Å². The Morgan fingerprint density at radius 2 is 1.87 bits per heavy atom. The fourth-order valence-corrected chi connectivity index (χ4v) is 2.56. The van der Waals surface area contributed by atoms with Gasteiger partial charge in [0.25, 0.3) is 0 Å². The van der Waals surface area contributed by atoms with Gasteiger partial charge in [-0.05, 0) is 24.6 Å². The molecule has 0 fully saturated rings. The SMILES string of the molecule is C=CCNC(=NCc1ccc(S(=O)(=O)N(C)C)cc1)NCC.I. The van der Waals surface area contributed by atoms with Crippen LogP contribution in [-0.2, 0) is 16.6 Å². The molecule has 0 saturated heterocycles. The van der Waals surface area contributed by atoms with Crippen LogP contribution >= 0.6 is 24.0 Å². The first-order valence-corrected chi connectivity index (χ1v) is 8.50. The second kappa shape index (κ2) is 10.6. The third kappa shape index (κ3) is 6.88. The van der Waals surface area contributed by atoms with Gasteiger partial charge in [0.1, 0.15) is 0 Å². The molecule has 0 heterocycles. The number of guanidine groups is 1. The number of nitrogens with zero attached hydrogens (tertiary/aromatic N) is 2. The first-order valence-electron chi connectivity index (χ1n) is 7.06. The van der Waals surface area contributed by atoms with Crippen molar-refractivity contribution < 1.29 is 8.42 Å². The van der Waals surface area contributed by atoms with Gasteiger partial charge in [0.05, 0.1) is 11.4 Å². The highest BCUT2D eigenvalue weighted by atomic mass is 127. The smallest absolute Gasteiger partial charge is 0.242 e. The lowest BCUT2D eigenvalue weighted by molar-refractivity contribution is 0.520. The highest BCUT2D eigenvalue weighted by molar-refractivity contribution is 14.0. The van der Waals surface area contributed by atoms with E-state index in [-0.39, 0.29) is 28.9 Å². The van der Waals surface area contributed by atoms with Gasteiger partial charge in [-0.15, -0.1) is 30.6 Å². The van der Waals surface area contributed by atoms with E-state index < -0.39 is 10.0 Å². The molecule has 0 saturated carbocycles. The Labute approximate surface area is 156 Å². The first-order chi connectivity index (χ1) is 10.4. The van der Waals surface area contributed by atoms with Crippen LogP contribution in [0.2, 0.25) is 0 Å². The number of benzene rings is 1. The Morgan fingerprint density at radius 3 is 2.35 bits per heavy atom. The Bertz CT molecular complexity index is 613. The van der Waals surface area contributed by atoms with Crippen molar-refractivity contribution in [3.8, 4) is 0 Å². The molecule has 0 aliphatic heterocycles. The van der Waals surface area contributed by atoms with Crippen molar-refractivity contribution in [2.75, 3.05) is 27.2 Å². The quantitative estimate of drug-likeness (QED) is 0.287. The number of hydrogen-bond donors (Lipinski definition) is 2. The fourth-order valence-electron chi connectivity index (χ4n) is 1.66. The topological polar surface area (TPSA) is 73.8 Å². The van der Waals surface area contributed by atoms with Crippen molar-refractivity contribution in [1.29, 1.82) is 0 Å². The number of sulfonamides is 1. The molecule has 1 aromatic carbocycles. The van der Waals surface area contributed by atoms with E-state index in [0.717, 1.165) is 12.1 Å². The van der Waals surface area contributed by atoms with E-state index in [1.54, 1.807) is 30.3 Å². The number of aliphatic imine (C=N–C) groups is 1. The van der Waals surface area contributed by atoms with Crippen LogP contribution in [0.4, 0.5) is 0 Å². The molecule has 0 aromatic heterocycles. The van der Waals surface area contributed by atoms with Crippen LogP contribution in [0.5, 0.6) is 0 Å². The Hall–Kier alpha value is -1.13. The van der Waals surface area contributed by atoms with Gasteiger partial charge in [-0.3, -0.25) is 0 Å². The van der Waals surface area contributed by atoms with Crippen molar-refractivity contribution in [2.45, 2.75) is 18.4 Å². The standard InChI is InChI=1S/C15H24N4O2S.HI/c1-5-11-17-15(16-6-2)18-12-13-7-9-14(10-8-13)22(20,21)19(3)4;/h5,7-10H,1,6,11-12H2,2-4H3,(H2,16,17,18);1H. The molecule has 0 unspecified atom stereocenters. The predicted octanol–water partition coefficient (Wildman–Crippen LogP) is 1.80. The fraction of sp³-hybridized carbons (Fsp3) is 0.400. The zero-order valence-corrected chi connectivity index (χ0v) is 16.9. The molecule has 0 aliphatic rings. The summed E-state index contributed by atoms with van der Waals surface area (Å²) in [6.45, 7) is 7.51. The summed E-state index contributed by atoms with van der Waals surface area (Å²) in [6.07, 6.45) is 1.76. The Morgan fingerprint density at radius 1 is 1.26 bits per heavy atom. The summed E-state index contributed by atoms with van der Waals surface area (Å²) in [5, 5.41) is 6.24. The lowest BCUT2D eigenvalue weighted by Crippen LogP contribution is -2.37. The normalized spacial score (nSPS) is 11.7. The summed E-state index contributed by atoms with van der Waals surface area (Å²) < 4.78 is 25.2. The molecule has 1 rings (SSSR count). The lowest BCUT2D eigenvalue weighted by Gasteiger charge is -2.12. The molecule has 1 aromatic rings. The zero-order chi connectivity index (χ0) is 16.6. The third-order valence-electron chi connectivity index (χ3n) is 2.88. The van der Waals surface area contributed by atoms with E-state index in [9.17, 15) is 8.42 Å². The largest absolute Gasteiger partial charge is 0.357 e. The molecule has 0 radical (unpaired) electrons. The maximum atomic E-state index is 12.0. The average molecular weight is 452 g/mol. The second-order valence-corrected chi connectivity index (χ2v) is 6.95. The summed E-state index contributed by atoms with van der Waals surface area (Å²) in [5.41, 5.74) is 0.938. The van der Waals surface area contributed by atoms with Crippen molar-refractivity contribution in [2.24, 2.45) is 4.99 Å². The zero-order valence-electron chi connectivity index (χ0n) is 13.7. The molecule has 23 heavy (non-hydrogen) atoms. The van der Waals surface area contributed by atoms with Crippen LogP contribution in [-0.4, -0.2) is 45.9 Å². The number of halogens is 1. The monoisotopic (exact) mass is 452 g/mol. The summed E-state index contributed by atoms with van der Waals surface area (Å²) >= 11 is 0. The van der Waals surface area contributed by atoms with Crippen LogP contribution < -0.4 is 10.6 Å². The molecule has 2 N–H and O–H groups in total. The molecule has 0 atom stereocenters. The van der Waals surface area contributed by atoms with Gasteiger partial charge < -0.3 is 10.6 Å². The molecule has 0 aliphatic carbocycles. The Kier molecular flexibility index (Phi) is 10.1. The molecule has 6 nitrogen and oxygen atoms in total. The van der Waals surface area contributed by atoms with Gasteiger partial charge in [-0.1, -0.05) is 18.2 Å². The van der Waals surface area contributed by atoms with E-state index in [4.69, 9.17) is 0 Å². The molecule has 0 bridgehead atoms. The van der Waals surface area contributed by atoms with Crippen LogP contribution in [0.1, 0.15) is 12.5 Å². The van der Waals surface area contributed by atoms with E-state index >= 15 is 0 Å². The van der Waals surface area contributed by atoms with E-state index in [1.165, 1.54) is 18.4 Å². The second-order valence-electron chi connectivity index (χ2n) is 4.80. The number of rotatable bonds is 7. The van der Waals surface area contributed by atoms with E-state index in [1.807, 2.05) is 6.92 Å². The summed E-state index contributed by atoms with van der Waals surface area (Å²) in [6, 6.07) is 6.75. The maximum absolute atomic E-state index is 12.0. The third-order valence-corrected chi connectivity index (χ3v) is 4.71. The highest BCUT2D eigenvalue weighted by Crippen LogP contribution is 2.14. The minimum atomic E-state index is -3.38. The van der Waals surface area contributed by atoms with Crippen molar-refractivity contribution >= 4 is 40.0 Å². The van der Waals surface area contributed by atoms with Crippen LogP contribution in [0, 0.1) is 0 Å². The molecular formula is C15H25IN4O2S. The molecule has 130 valence electrons. The molecular weight excluding hydrogens is 427 g/mol. The van der Waals surface area contributed by atoms with Crippen LogP contribution in [0.3, 0.4) is 0 Å². The van der Waals surface area contributed by atoms with E-state index in [0.29, 0.717) is 19.0 Å². The van der Waals surface area contributed by atoms with E-state index in [2.05, 4.69) is 22.2 Å². The lowest BCUT2D eigenvalue weighted by atomic mass is 10.2. The van der Waals surface area contributed by atoms with Gasteiger partial charge >= 0.3 is 0 Å². The average Bonchev–Trinajstić information content (AvgIpc) is 2.50.